The van der Waals surface area contributed by atoms with Gasteiger partial charge in [-0.25, -0.2) is 0 Å². The number of carbonyl (C=O) groups excluding carboxylic acids is 1. The van der Waals surface area contributed by atoms with Crippen molar-refractivity contribution in [3.8, 4) is 0 Å². The number of hydrogen-bond donors (Lipinski definition) is 2. The first kappa shape index (κ1) is 22.6. The van der Waals surface area contributed by atoms with E-state index in [9.17, 15) is 4.79 Å². The van der Waals surface area contributed by atoms with E-state index in [0.717, 1.165) is 38.6 Å². The number of aliphatic hydroxyl groups is 1. The van der Waals surface area contributed by atoms with Gasteiger partial charge in [0.1, 0.15) is 0 Å². The summed E-state index contributed by atoms with van der Waals surface area (Å²) < 4.78 is 0. The largest absolute Gasteiger partial charge is 0.396 e. The molecule has 1 amide bonds. The zero-order valence-electron chi connectivity index (χ0n) is 13.4. The Kier molecular flexibility index (Phi) is 27.2. The lowest BCUT2D eigenvalue weighted by molar-refractivity contribution is -0.118. The van der Waals surface area contributed by atoms with Gasteiger partial charge >= 0.3 is 0 Å². The van der Waals surface area contributed by atoms with Crippen LogP contribution in [-0.2, 0) is 4.79 Å². The maximum absolute atomic E-state index is 10.5. The first-order chi connectivity index (χ1) is 8.70. The number of carbonyl (C=O) groups is 1. The maximum Gasteiger partial charge on any atom is 0.216 e. The second kappa shape index (κ2) is 21.7. The summed E-state index contributed by atoms with van der Waals surface area (Å²) in [5.41, 5.74) is 0. The average molecular weight is 261 g/mol. The molecule has 18 heavy (non-hydrogen) atoms. The van der Waals surface area contributed by atoms with Crippen LogP contribution in [0, 0.1) is 5.92 Å². The van der Waals surface area contributed by atoms with Crippen molar-refractivity contribution in [3.05, 3.63) is 0 Å². The van der Waals surface area contributed by atoms with Crippen LogP contribution < -0.4 is 5.32 Å². The lowest BCUT2D eigenvalue weighted by Gasteiger charge is -2.12. The molecule has 0 heterocycles. The van der Waals surface area contributed by atoms with Crippen LogP contribution in [0.25, 0.3) is 0 Å². The molecule has 112 valence electrons. The molecule has 0 aromatic rings. The van der Waals surface area contributed by atoms with Gasteiger partial charge in [0, 0.05) is 20.1 Å². The number of hydrogen-bond acceptors (Lipinski definition) is 2. The summed E-state index contributed by atoms with van der Waals surface area (Å²) in [6, 6.07) is 0. The number of aliphatic hydroxyl groups excluding tert-OH is 1. The van der Waals surface area contributed by atoms with E-state index < -0.39 is 0 Å². The van der Waals surface area contributed by atoms with Crippen LogP contribution in [0.5, 0.6) is 0 Å². The lowest BCUT2D eigenvalue weighted by Crippen LogP contribution is -2.21. The van der Waals surface area contributed by atoms with Gasteiger partial charge in [0.25, 0.3) is 0 Å². The third kappa shape index (κ3) is 20.8. The minimum Gasteiger partial charge on any atom is -0.396 e. The van der Waals surface area contributed by atoms with Gasteiger partial charge in [-0.1, -0.05) is 47.5 Å². The van der Waals surface area contributed by atoms with Gasteiger partial charge in [-0.15, -0.1) is 0 Å². The Morgan fingerprint density at radius 1 is 1.11 bits per heavy atom. The molecule has 1 unspecified atom stereocenters. The molecule has 1 atom stereocenters. The SMILES string of the molecule is CC.CC.CCCC(CO)CCCCNC(C)=O. The number of amides is 1. The van der Waals surface area contributed by atoms with Crippen molar-refractivity contribution < 1.29 is 9.90 Å². The summed E-state index contributed by atoms with van der Waals surface area (Å²) in [7, 11) is 0. The fraction of sp³-hybridized carbons (Fsp3) is 0.933. The van der Waals surface area contributed by atoms with Crippen LogP contribution in [-0.4, -0.2) is 24.2 Å². The minimum atomic E-state index is 0.0391. The highest BCUT2D eigenvalue weighted by Gasteiger charge is 2.05. The first-order valence-electron chi connectivity index (χ1n) is 7.56. The van der Waals surface area contributed by atoms with Crippen LogP contribution >= 0.6 is 0 Å². The highest BCUT2D eigenvalue weighted by molar-refractivity contribution is 5.72. The van der Waals surface area contributed by atoms with Gasteiger partial charge in [-0.05, 0) is 25.2 Å². The summed E-state index contributed by atoms with van der Waals surface area (Å²) in [4.78, 5) is 10.5. The fourth-order valence-corrected chi connectivity index (χ4v) is 1.56. The third-order valence-electron chi connectivity index (χ3n) is 2.37. The molecule has 0 rings (SSSR count). The summed E-state index contributed by atoms with van der Waals surface area (Å²) in [5.74, 6) is 0.495. The first-order valence-corrected chi connectivity index (χ1v) is 7.56. The molecule has 2 N–H and O–H groups in total. The highest BCUT2D eigenvalue weighted by Crippen LogP contribution is 2.13. The van der Waals surface area contributed by atoms with Crippen molar-refractivity contribution in [1.29, 1.82) is 0 Å². The summed E-state index contributed by atoms with van der Waals surface area (Å²) in [6.07, 6.45) is 5.42. The lowest BCUT2D eigenvalue weighted by atomic mass is 9.98. The van der Waals surface area contributed by atoms with Crippen molar-refractivity contribution in [2.24, 2.45) is 5.92 Å². The molecule has 0 spiro atoms. The molecule has 0 fully saturated rings. The molecule has 0 radical (unpaired) electrons. The van der Waals surface area contributed by atoms with Gasteiger partial charge < -0.3 is 10.4 Å². The van der Waals surface area contributed by atoms with Gasteiger partial charge in [0.15, 0.2) is 0 Å². The van der Waals surface area contributed by atoms with Gasteiger partial charge in [0.2, 0.25) is 5.91 Å². The average Bonchev–Trinajstić information content (AvgIpc) is 2.41. The van der Waals surface area contributed by atoms with Crippen LogP contribution in [0.4, 0.5) is 0 Å². The van der Waals surface area contributed by atoms with E-state index in [2.05, 4.69) is 12.2 Å². The summed E-state index contributed by atoms with van der Waals surface area (Å²) in [5, 5.41) is 11.8. The summed E-state index contributed by atoms with van der Waals surface area (Å²) >= 11 is 0. The minimum absolute atomic E-state index is 0.0391. The molecule has 0 aliphatic rings. The molecular formula is C15H35NO2. The Morgan fingerprint density at radius 3 is 2.06 bits per heavy atom. The molecule has 0 bridgehead atoms. The molecule has 0 saturated heterocycles. The zero-order chi connectivity index (χ0) is 14.8. The smallest absolute Gasteiger partial charge is 0.216 e. The zero-order valence-corrected chi connectivity index (χ0v) is 13.4. The van der Waals surface area contributed by atoms with E-state index in [1.54, 1.807) is 0 Å². The van der Waals surface area contributed by atoms with Crippen molar-refractivity contribution in [1.82, 2.24) is 5.32 Å². The van der Waals surface area contributed by atoms with Crippen LogP contribution in [0.2, 0.25) is 0 Å². The molecule has 0 aromatic carbocycles. The molecule has 0 aromatic heterocycles. The number of nitrogens with one attached hydrogen (secondary N) is 1. The highest BCUT2D eigenvalue weighted by atomic mass is 16.3. The van der Waals surface area contributed by atoms with Crippen molar-refractivity contribution in [3.63, 3.8) is 0 Å². The molecule has 0 aliphatic heterocycles. The van der Waals surface area contributed by atoms with Gasteiger partial charge in [-0.2, -0.15) is 0 Å². The standard InChI is InChI=1S/C11H23NO2.2C2H6/c1-3-6-11(9-13)7-4-5-8-12-10(2)14;2*1-2/h11,13H,3-9H2,1-2H3,(H,12,14);2*1-2H3. The predicted molar refractivity (Wildman–Crippen MR) is 80.7 cm³/mol. The fourth-order valence-electron chi connectivity index (χ4n) is 1.56. The Hall–Kier alpha value is -0.570. The third-order valence-corrected chi connectivity index (χ3v) is 2.37. The van der Waals surface area contributed by atoms with Gasteiger partial charge in [-0.3, -0.25) is 4.79 Å². The Balaban J connectivity index is -0.000000506. The van der Waals surface area contributed by atoms with Crippen molar-refractivity contribution in [2.75, 3.05) is 13.2 Å². The van der Waals surface area contributed by atoms with Crippen LogP contribution in [0.3, 0.4) is 0 Å². The Bertz CT molecular complexity index is 149. The van der Waals surface area contributed by atoms with Crippen LogP contribution in [0.15, 0.2) is 0 Å². The van der Waals surface area contributed by atoms with Crippen molar-refractivity contribution in [2.45, 2.75) is 73.6 Å². The second-order valence-corrected chi connectivity index (χ2v) is 3.82. The van der Waals surface area contributed by atoms with E-state index in [1.807, 2.05) is 27.7 Å². The number of unbranched alkanes of at least 4 members (excludes halogenated alkanes) is 1. The van der Waals surface area contributed by atoms with E-state index in [-0.39, 0.29) is 5.91 Å². The molecular weight excluding hydrogens is 226 g/mol. The maximum atomic E-state index is 10.5. The normalized spacial score (nSPS) is 10.4. The predicted octanol–water partition coefficient (Wildman–Crippen LogP) is 3.75. The topological polar surface area (TPSA) is 49.3 Å². The molecule has 3 nitrogen and oxygen atoms in total. The van der Waals surface area contributed by atoms with E-state index >= 15 is 0 Å². The van der Waals surface area contributed by atoms with E-state index in [1.165, 1.54) is 6.92 Å². The number of rotatable bonds is 8. The molecule has 3 heteroatoms. The van der Waals surface area contributed by atoms with Crippen LogP contribution in [0.1, 0.15) is 73.6 Å². The quantitative estimate of drug-likeness (QED) is 0.654. The van der Waals surface area contributed by atoms with Crippen molar-refractivity contribution >= 4 is 5.91 Å². The molecule has 0 aliphatic carbocycles. The Morgan fingerprint density at radius 2 is 1.67 bits per heavy atom. The monoisotopic (exact) mass is 261 g/mol. The summed E-state index contributed by atoms with van der Waals surface area (Å²) in [6.45, 7) is 12.7. The van der Waals surface area contributed by atoms with Gasteiger partial charge in [0.05, 0.1) is 0 Å². The molecule has 0 saturated carbocycles. The Labute approximate surface area is 114 Å². The van der Waals surface area contributed by atoms with E-state index in [4.69, 9.17) is 5.11 Å². The van der Waals surface area contributed by atoms with E-state index in [0.29, 0.717) is 12.5 Å². The second-order valence-electron chi connectivity index (χ2n) is 3.82.